The molecule has 0 bridgehead atoms. The average molecular weight is 181 g/mol. The third-order valence-corrected chi connectivity index (χ3v) is 2.22. The van der Waals surface area contributed by atoms with Crippen LogP contribution in [-0.2, 0) is 16.1 Å². The second kappa shape index (κ2) is 3.18. The van der Waals surface area contributed by atoms with Crippen LogP contribution >= 0.6 is 0 Å². The molecule has 0 saturated carbocycles. The van der Waals surface area contributed by atoms with Crippen molar-refractivity contribution in [3.63, 3.8) is 0 Å². The number of carbonyl (C=O) groups is 1. The van der Waals surface area contributed by atoms with Crippen LogP contribution in [0.3, 0.4) is 0 Å². The molecular weight excluding hydrogens is 170 g/mol. The minimum atomic E-state index is -0.264. The third kappa shape index (κ3) is 1.31. The molecular formula is C8H11N3O2. The Bertz CT molecular complexity index is 321. The number of H-pyrrole nitrogens is 1. The summed E-state index contributed by atoms with van der Waals surface area (Å²) in [5.74, 6) is -0.499. The number of aromatic nitrogens is 2. The summed E-state index contributed by atoms with van der Waals surface area (Å²) >= 11 is 0. The summed E-state index contributed by atoms with van der Waals surface area (Å²) < 4.78 is 4.68. The Morgan fingerprint density at radius 2 is 2.62 bits per heavy atom. The van der Waals surface area contributed by atoms with Crippen LogP contribution in [0.4, 0.5) is 0 Å². The van der Waals surface area contributed by atoms with Crippen LogP contribution in [-0.4, -0.2) is 29.6 Å². The second-order valence-corrected chi connectivity index (χ2v) is 2.97. The van der Waals surface area contributed by atoms with Crippen LogP contribution in [0.5, 0.6) is 0 Å². The summed E-state index contributed by atoms with van der Waals surface area (Å²) in [5, 5.41) is 3.12. The van der Waals surface area contributed by atoms with E-state index in [0.29, 0.717) is 6.54 Å². The Labute approximate surface area is 75.5 Å². The van der Waals surface area contributed by atoms with Gasteiger partial charge in [0.25, 0.3) is 0 Å². The van der Waals surface area contributed by atoms with Crippen LogP contribution in [0.1, 0.15) is 17.3 Å². The van der Waals surface area contributed by atoms with Gasteiger partial charge in [0.2, 0.25) is 0 Å². The highest BCUT2D eigenvalue weighted by Crippen LogP contribution is 2.21. The van der Waals surface area contributed by atoms with Gasteiger partial charge in [0, 0.05) is 13.1 Å². The zero-order chi connectivity index (χ0) is 9.26. The summed E-state index contributed by atoms with van der Waals surface area (Å²) in [6.45, 7) is 1.34. The normalized spacial score (nSPS) is 20.8. The van der Waals surface area contributed by atoms with E-state index in [1.165, 1.54) is 7.11 Å². The molecule has 1 aliphatic rings. The quantitative estimate of drug-likeness (QED) is 0.587. The Kier molecular flexibility index (Phi) is 2.02. The van der Waals surface area contributed by atoms with E-state index >= 15 is 0 Å². The number of fused-ring (bicyclic) bond motifs is 1. The molecule has 0 saturated heterocycles. The van der Waals surface area contributed by atoms with Gasteiger partial charge < -0.3 is 15.0 Å². The molecule has 1 unspecified atom stereocenters. The third-order valence-electron chi connectivity index (χ3n) is 2.22. The van der Waals surface area contributed by atoms with Crippen molar-refractivity contribution in [3.05, 3.63) is 17.7 Å². The van der Waals surface area contributed by atoms with Crippen molar-refractivity contribution in [2.75, 3.05) is 13.7 Å². The van der Waals surface area contributed by atoms with Gasteiger partial charge in [-0.3, -0.25) is 4.79 Å². The lowest BCUT2D eigenvalue weighted by Crippen LogP contribution is -2.33. The molecule has 5 nitrogen and oxygen atoms in total. The molecule has 1 aromatic heterocycles. The van der Waals surface area contributed by atoms with Crippen LogP contribution in [0.2, 0.25) is 0 Å². The van der Waals surface area contributed by atoms with Crippen molar-refractivity contribution < 1.29 is 9.53 Å². The van der Waals surface area contributed by atoms with Crippen LogP contribution in [0.25, 0.3) is 0 Å². The largest absolute Gasteiger partial charge is 0.468 e. The molecule has 1 aromatic rings. The van der Waals surface area contributed by atoms with Crippen molar-refractivity contribution in [1.82, 2.24) is 15.3 Å². The van der Waals surface area contributed by atoms with Gasteiger partial charge in [0.05, 0.1) is 24.8 Å². The number of nitrogens with zero attached hydrogens (tertiary/aromatic N) is 1. The number of nitrogens with one attached hydrogen (secondary N) is 2. The molecule has 0 fully saturated rings. The summed E-state index contributed by atoms with van der Waals surface area (Å²) in [6.07, 6.45) is 1.60. The molecule has 1 aliphatic heterocycles. The fraction of sp³-hybridized carbons (Fsp3) is 0.500. The Balaban J connectivity index is 2.30. The summed E-state index contributed by atoms with van der Waals surface area (Å²) in [6, 6.07) is 0. The molecule has 2 heterocycles. The van der Waals surface area contributed by atoms with Gasteiger partial charge in [-0.1, -0.05) is 0 Å². The molecule has 2 N–H and O–H groups in total. The van der Waals surface area contributed by atoms with Gasteiger partial charge in [0.1, 0.15) is 5.92 Å². The monoisotopic (exact) mass is 181 g/mol. The smallest absolute Gasteiger partial charge is 0.316 e. The first-order chi connectivity index (χ1) is 6.33. The van der Waals surface area contributed by atoms with E-state index in [-0.39, 0.29) is 11.9 Å². The SMILES string of the molecule is COC(=O)C1CNCc2[nH]cnc21. The number of rotatable bonds is 1. The van der Waals surface area contributed by atoms with Gasteiger partial charge in [-0.05, 0) is 0 Å². The zero-order valence-corrected chi connectivity index (χ0v) is 7.33. The first kappa shape index (κ1) is 8.25. The number of aromatic amines is 1. The van der Waals surface area contributed by atoms with Gasteiger partial charge >= 0.3 is 5.97 Å². The molecule has 2 rings (SSSR count). The summed E-state index contributed by atoms with van der Waals surface area (Å²) in [7, 11) is 1.39. The van der Waals surface area contributed by atoms with Crippen molar-refractivity contribution in [1.29, 1.82) is 0 Å². The molecule has 70 valence electrons. The predicted octanol–water partition coefficient (Wildman–Crippen LogP) is -0.231. The topological polar surface area (TPSA) is 67.0 Å². The first-order valence-corrected chi connectivity index (χ1v) is 4.13. The summed E-state index contributed by atoms with van der Waals surface area (Å²) in [4.78, 5) is 18.4. The maximum Gasteiger partial charge on any atom is 0.316 e. The number of hydrogen-bond acceptors (Lipinski definition) is 4. The number of imidazole rings is 1. The number of hydrogen-bond donors (Lipinski definition) is 2. The molecule has 0 amide bonds. The van der Waals surface area contributed by atoms with Crippen molar-refractivity contribution in [2.24, 2.45) is 0 Å². The first-order valence-electron chi connectivity index (χ1n) is 4.13. The van der Waals surface area contributed by atoms with Gasteiger partial charge in [-0.25, -0.2) is 4.98 Å². The van der Waals surface area contributed by atoms with Crippen LogP contribution in [0.15, 0.2) is 6.33 Å². The minimum Gasteiger partial charge on any atom is -0.468 e. The van der Waals surface area contributed by atoms with E-state index in [0.717, 1.165) is 17.9 Å². The lowest BCUT2D eigenvalue weighted by atomic mass is 10.0. The van der Waals surface area contributed by atoms with E-state index in [9.17, 15) is 4.79 Å². The van der Waals surface area contributed by atoms with E-state index in [4.69, 9.17) is 0 Å². The maximum absolute atomic E-state index is 11.3. The van der Waals surface area contributed by atoms with E-state index in [2.05, 4.69) is 20.0 Å². The number of esters is 1. The highest BCUT2D eigenvalue weighted by molar-refractivity contribution is 5.78. The van der Waals surface area contributed by atoms with E-state index in [1.807, 2.05) is 0 Å². The summed E-state index contributed by atoms with van der Waals surface area (Å²) in [5.41, 5.74) is 1.78. The fourth-order valence-electron chi connectivity index (χ4n) is 1.55. The van der Waals surface area contributed by atoms with Crippen LogP contribution < -0.4 is 5.32 Å². The Morgan fingerprint density at radius 3 is 3.38 bits per heavy atom. The average Bonchev–Trinajstić information content (AvgIpc) is 2.63. The Hall–Kier alpha value is -1.36. The molecule has 0 spiro atoms. The molecule has 13 heavy (non-hydrogen) atoms. The lowest BCUT2D eigenvalue weighted by Gasteiger charge is -2.19. The molecule has 0 aliphatic carbocycles. The van der Waals surface area contributed by atoms with E-state index < -0.39 is 0 Å². The molecule has 0 aromatic carbocycles. The van der Waals surface area contributed by atoms with Crippen molar-refractivity contribution in [3.8, 4) is 0 Å². The Morgan fingerprint density at radius 1 is 1.77 bits per heavy atom. The van der Waals surface area contributed by atoms with E-state index in [1.54, 1.807) is 6.33 Å². The molecule has 1 atom stereocenters. The van der Waals surface area contributed by atoms with Gasteiger partial charge in [-0.15, -0.1) is 0 Å². The minimum absolute atomic E-state index is 0.236. The van der Waals surface area contributed by atoms with Crippen molar-refractivity contribution >= 4 is 5.97 Å². The second-order valence-electron chi connectivity index (χ2n) is 2.97. The zero-order valence-electron chi connectivity index (χ0n) is 7.33. The number of carbonyl (C=O) groups excluding carboxylic acids is 1. The maximum atomic E-state index is 11.3. The van der Waals surface area contributed by atoms with Crippen LogP contribution in [0, 0.1) is 0 Å². The highest BCUT2D eigenvalue weighted by atomic mass is 16.5. The predicted molar refractivity (Wildman–Crippen MR) is 45.1 cm³/mol. The number of methoxy groups -OCH3 is 1. The number of ether oxygens (including phenoxy) is 1. The highest BCUT2D eigenvalue weighted by Gasteiger charge is 2.29. The standard InChI is InChI=1S/C8H11N3O2/c1-13-8(12)5-2-9-3-6-7(5)11-4-10-6/h4-5,9H,2-3H2,1H3,(H,10,11). The van der Waals surface area contributed by atoms with Gasteiger partial charge in [-0.2, -0.15) is 0 Å². The van der Waals surface area contributed by atoms with Crippen molar-refractivity contribution in [2.45, 2.75) is 12.5 Å². The lowest BCUT2D eigenvalue weighted by molar-refractivity contribution is -0.142. The fourth-order valence-corrected chi connectivity index (χ4v) is 1.55. The molecule has 5 heteroatoms. The van der Waals surface area contributed by atoms with Gasteiger partial charge in [0.15, 0.2) is 0 Å². The molecule has 0 radical (unpaired) electrons.